The summed E-state index contributed by atoms with van der Waals surface area (Å²) in [6.07, 6.45) is 4.57. The van der Waals surface area contributed by atoms with E-state index in [2.05, 4.69) is 16.9 Å². The summed E-state index contributed by atoms with van der Waals surface area (Å²) >= 11 is 0. The number of hydrogen-bond donors (Lipinski definition) is 0. The molecule has 0 fully saturated rings. The number of nitrogens with zero attached hydrogens (tertiary/aromatic N) is 2. The summed E-state index contributed by atoms with van der Waals surface area (Å²) in [5.41, 5.74) is 2.04. The van der Waals surface area contributed by atoms with Crippen molar-refractivity contribution in [3.63, 3.8) is 0 Å². The number of aryl methyl sites for hydroxylation is 2. The van der Waals surface area contributed by atoms with Crippen LogP contribution >= 0.6 is 0 Å². The third-order valence-electron chi connectivity index (χ3n) is 1.20. The van der Waals surface area contributed by atoms with Gasteiger partial charge in [0.1, 0.15) is 0 Å². The first-order valence-corrected chi connectivity index (χ1v) is 5.10. The molecule has 0 aromatic carbocycles. The lowest BCUT2D eigenvalue weighted by molar-refractivity contribution is 0.977. The van der Waals surface area contributed by atoms with Crippen LogP contribution in [-0.4, -0.2) is 18.4 Å². The van der Waals surface area contributed by atoms with Gasteiger partial charge >= 0.3 is 0 Å². The van der Waals surface area contributed by atoms with Crippen LogP contribution in [0.4, 0.5) is 0 Å². The Bertz CT molecular complexity index is 191. The van der Waals surface area contributed by atoms with Gasteiger partial charge in [-0.1, -0.05) is 42.0 Å². The predicted octanol–water partition coefficient (Wildman–Crippen LogP) is 3.66. The lowest BCUT2D eigenvalue weighted by Crippen LogP contribution is -1.89. The van der Waals surface area contributed by atoms with Crippen LogP contribution in [0, 0.1) is 6.92 Å². The van der Waals surface area contributed by atoms with E-state index in [0.29, 0.717) is 0 Å². The molecule has 3 radical (unpaired) electrons. The fourth-order valence-electron chi connectivity index (χ4n) is 0.602. The molecule has 1 rings (SSSR count). The summed E-state index contributed by atoms with van der Waals surface area (Å²) < 4.78 is 5.75. The summed E-state index contributed by atoms with van der Waals surface area (Å²) in [7, 11) is 1.25. The molecule has 0 saturated carbocycles. The van der Waals surface area contributed by atoms with E-state index in [1.165, 1.54) is 7.40 Å². The van der Waals surface area contributed by atoms with Crippen LogP contribution in [0.5, 0.6) is 0 Å². The second kappa shape index (κ2) is 18.8. The molecule has 0 aliphatic carbocycles. The van der Waals surface area contributed by atoms with E-state index in [-0.39, 0.29) is 8.41 Å². The normalized spacial score (nSPS) is 7.00. The van der Waals surface area contributed by atoms with Crippen molar-refractivity contribution >= 4 is 8.41 Å². The van der Waals surface area contributed by atoms with Gasteiger partial charge in [0.15, 0.2) is 0 Å². The molecule has 0 aliphatic heterocycles. The molecule has 0 atom stereocenters. The van der Waals surface area contributed by atoms with Gasteiger partial charge in [-0.05, 0) is 13.3 Å². The average Bonchev–Trinajstić information content (AvgIpc) is 2.38. The summed E-state index contributed by atoms with van der Waals surface area (Å²) in [5.74, 6) is 0. The Labute approximate surface area is 99.5 Å². The van der Waals surface area contributed by atoms with Gasteiger partial charge in [0.2, 0.25) is 0 Å². The smallest absolute Gasteiger partial charge is 0.0584 e. The zero-order chi connectivity index (χ0) is 12.7. The van der Waals surface area contributed by atoms with Crippen LogP contribution in [-0.2, 0) is 6.42 Å². The first-order valence-electron chi connectivity index (χ1n) is 6.10. The van der Waals surface area contributed by atoms with Gasteiger partial charge in [0, 0.05) is 22.2 Å². The molecule has 0 N–H and O–H groups in total. The number of hydrogen-bond acceptors (Lipinski definition) is 2. The van der Waals surface area contributed by atoms with Crippen molar-refractivity contribution in [1.82, 2.24) is 9.97 Å². The first kappa shape index (κ1) is 19.7. The topological polar surface area (TPSA) is 25.8 Å². The Kier molecular flexibility index (Phi) is 24.7. The summed E-state index contributed by atoms with van der Waals surface area (Å²) in [6, 6.07) is 0. The minimum Gasteiger partial charge on any atom is -0.258 e. The molecule has 1 aromatic rings. The van der Waals surface area contributed by atoms with Gasteiger partial charge in [-0.15, -0.1) is 0 Å². The van der Waals surface area contributed by atoms with Crippen LogP contribution in [0.1, 0.15) is 54.8 Å². The molecule has 3 heteroatoms. The Hall–Kier alpha value is -0.855. The Morgan fingerprint density at radius 1 is 1.13 bits per heavy atom. The maximum absolute atomic E-state index is 5.75. The van der Waals surface area contributed by atoms with Crippen LogP contribution in [0.25, 0.3) is 0 Å². The van der Waals surface area contributed by atoms with E-state index in [1.54, 1.807) is 6.20 Å². The zero-order valence-electron chi connectivity index (χ0n) is 12.3. The van der Waals surface area contributed by atoms with Crippen molar-refractivity contribution in [2.45, 2.75) is 55.4 Å². The molecule has 0 bridgehead atoms. The minimum absolute atomic E-state index is 0. The fourth-order valence-corrected chi connectivity index (χ4v) is 0.602. The SMILES string of the molecule is CC.CC.CCc1cnc(C)cn1.[3H]C.[B]. The second-order valence-electron chi connectivity index (χ2n) is 2.00. The van der Waals surface area contributed by atoms with Crippen LogP contribution < -0.4 is 0 Å². The fraction of sp³-hybridized carbons (Fsp3) is 0.667. The molecule has 15 heavy (non-hydrogen) atoms. The molecule has 0 saturated heterocycles. The maximum Gasteiger partial charge on any atom is 0.0584 e. The molecule has 0 unspecified atom stereocenters. The van der Waals surface area contributed by atoms with Gasteiger partial charge in [0.05, 0.1) is 11.4 Å². The second-order valence-corrected chi connectivity index (χ2v) is 2.00. The highest BCUT2D eigenvalue weighted by molar-refractivity contribution is 5.75. The van der Waals surface area contributed by atoms with Gasteiger partial charge in [-0.3, -0.25) is 9.97 Å². The molecule has 87 valence electrons. The molecule has 0 aliphatic rings. The summed E-state index contributed by atoms with van der Waals surface area (Å²) in [6.45, 7) is 12.0. The highest BCUT2D eigenvalue weighted by Crippen LogP contribution is 1.92. The number of aromatic nitrogens is 2. The third kappa shape index (κ3) is 13.1. The molecule has 1 aromatic heterocycles. The molecular weight excluding hydrogens is 183 g/mol. The van der Waals surface area contributed by atoms with Gasteiger partial charge in [-0.25, -0.2) is 0 Å². The van der Waals surface area contributed by atoms with Crippen molar-refractivity contribution in [2.24, 2.45) is 0 Å². The van der Waals surface area contributed by atoms with Crippen molar-refractivity contribution in [3.8, 4) is 0 Å². The predicted molar refractivity (Wildman–Crippen MR) is 71.3 cm³/mol. The maximum atomic E-state index is 5.75. The summed E-state index contributed by atoms with van der Waals surface area (Å²) in [4.78, 5) is 8.22. The molecule has 1 heterocycles. The Balaban J connectivity index is -0.0000000900. The highest BCUT2D eigenvalue weighted by Gasteiger charge is 1.87. The van der Waals surface area contributed by atoms with Crippen molar-refractivity contribution in [1.29, 1.82) is 0 Å². The highest BCUT2D eigenvalue weighted by atomic mass is 14.8. The standard InChI is InChI=1S/C7H10N2.2C2H6.CH4.B/c1-3-7-5-8-6(2)4-9-7;2*1-2;;/h4-5H,3H2,1-2H3;2*1-2H3;1H4;/i;;;1T;. The molecular formula is C12H26BN2. The van der Waals surface area contributed by atoms with Gasteiger partial charge in [-0.2, -0.15) is 0 Å². The van der Waals surface area contributed by atoms with Crippen molar-refractivity contribution in [2.75, 3.05) is 0 Å². The third-order valence-corrected chi connectivity index (χ3v) is 1.20. The lowest BCUT2D eigenvalue weighted by Gasteiger charge is -1.92. The van der Waals surface area contributed by atoms with E-state index in [0.717, 1.165) is 17.8 Å². The van der Waals surface area contributed by atoms with E-state index < -0.39 is 0 Å². The van der Waals surface area contributed by atoms with Crippen LogP contribution in [0.2, 0.25) is 0 Å². The largest absolute Gasteiger partial charge is 0.258 e. The van der Waals surface area contributed by atoms with E-state index in [4.69, 9.17) is 1.37 Å². The van der Waals surface area contributed by atoms with Crippen LogP contribution in [0.3, 0.4) is 0 Å². The van der Waals surface area contributed by atoms with Crippen molar-refractivity contribution in [3.05, 3.63) is 23.8 Å². The Morgan fingerprint density at radius 3 is 1.87 bits per heavy atom. The van der Waals surface area contributed by atoms with E-state index in [9.17, 15) is 0 Å². The first-order chi connectivity index (χ1) is 7.33. The Morgan fingerprint density at radius 2 is 1.60 bits per heavy atom. The van der Waals surface area contributed by atoms with E-state index >= 15 is 0 Å². The van der Waals surface area contributed by atoms with Crippen LogP contribution in [0.15, 0.2) is 12.4 Å². The molecule has 0 spiro atoms. The van der Waals surface area contributed by atoms with Crippen molar-refractivity contribution < 1.29 is 1.37 Å². The average molecular weight is 211 g/mol. The minimum atomic E-state index is 0. The zero-order valence-corrected chi connectivity index (χ0v) is 11.3. The van der Waals surface area contributed by atoms with E-state index in [1.807, 2.05) is 40.8 Å². The molecule has 0 amide bonds. The number of rotatable bonds is 1. The van der Waals surface area contributed by atoms with Gasteiger partial charge < -0.3 is 0 Å². The molecule has 2 nitrogen and oxygen atoms in total. The lowest BCUT2D eigenvalue weighted by atomic mass is 10.3. The summed E-state index contributed by atoms with van der Waals surface area (Å²) in [5, 5.41) is 0. The van der Waals surface area contributed by atoms with Gasteiger partial charge in [0.25, 0.3) is 0 Å². The quantitative estimate of drug-likeness (QED) is 0.662. The monoisotopic (exact) mass is 211 g/mol.